The standard InChI is InChI=1S/C15H14F3N3O2/c16-15(17,18)11-9-10(12-2-4-14(22)20-19-12)1-3-13(11)21-5-7-23-8-6-21/h1-4,9H,5-8H2,(H,20,22). The van der Waals surface area contributed by atoms with Crippen LogP contribution in [-0.4, -0.2) is 36.5 Å². The van der Waals surface area contributed by atoms with Crippen LogP contribution in [-0.2, 0) is 10.9 Å². The highest BCUT2D eigenvalue weighted by Crippen LogP contribution is 2.39. The van der Waals surface area contributed by atoms with Gasteiger partial charge in [-0.25, -0.2) is 5.10 Å². The number of hydrogen-bond acceptors (Lipinski definition) is 4. The number of alkyl halides is 3. The molecule has 1 aromatic heterocycles. The van der Waals surface area contributed by atoms with E-state index < -0.39 is 17.3 Å². The Kier molecular flexibility index (Phi) is 4.08. The number of ether oxygens (including phenoxy) is 1. The van der Waals surface area contributed by atoms with Gasteiger partial charge in [0.1, 0.15) is 0 Å². The summed E-state index contributed by atoms with van der Waals surface area (Å²) in [6.07, 6.45) is -4.48. The Hall–Kier alpha value is -2.35. The van der Waals surface area contributed by atoms with Crippen molar-refractivity contribution >= 4 is 5.69 Å². The van der Waals surface area contributed by atoms with Gasteiger partial charge < -0.3 is 9.64 Å². The fourth-order valence-electron chi connectivity index (χ4n) is 2.51. The Balaban J connectivity index is 2.04. The number of nitrogens with zero attached hydrogens (tertiary/aromatic N) is 2. The number of halogens is 3. The van der Waals surface area contributed by atoms with Gasteiger partial charge in [-0.2, -0.15) is 18.3 Å². The molecule has 0 spiro atoms. The molecule has 3 rings (SSSR count). The molecule has 1 fully saturated rings. The second kappa shape index (κ2) is 6.04. The highest BCUT2D eigenvalue weighted by molar-refractivity contribution is 5.67. The molecule has 0 amide bonds. The van der Waals surface area contributed by atoms with Crippen LogP contribution in [0.3, 0.4) is 0 Å². The summed E-state index contributed by atoms with van der Waals surface area (Å²) in [4.78, 5) is 12.7. The summed E-state index contributed by atoms with van der Waals surface area (Å²) in [5, 5.41) is 6.00. The number of anilines is 1. The first-order valence-electron chi connectivity index (χ1n) is 7.05. The van der Waals surface area contributed by atoms with Crippen LogP contribution >= 0.6 is 0 Å². The molecule has 0 radical (unpaired) electrons. The van der Waals surface area contributed by atoms with Gasteiger partial charge in [-0.3, -0.25) is 4.79 Å². The summed E-state index contributed by atoms with van der Waals surface area (Å²) >= 11 is 0. The second-order valence-electron chi connectivity index (χ2n) is 5.14. The van der Waals surface area contributed by atoms with Gasteiger partial charge in [-0.05, 0) is 18.2 Å². The summed E-state index contributed by atoms with van der Waals surface area (Å²) < 4.78 is 45.5. The van der Waals surface area contributed by atoms with E-state index >= 15 is 0 Å². The summed E-state index contributed by atoms with van der Waals surface area (Å²) in [6.45, 7) is 1.64. The molecule has 0 saturated carbocycles. The molecule has 0 aliphatic carbocycles. The maximum absolute atomic E-state index is 13.4. The van der Waals surface area contributed by atoms with Crippen LogP contribution in [0.15, 0.2) is 35.1 Å². The van der Waals surface area contributed by atoms with E-state index in [0.717, 1.165) is 6.07 Å². The van der Waals surface area contributed by atoms with Gasteiger partial charge in [0.15, 0.2) is 0 Å². The third-order valence-electron chi connectivity index (χ3n) is 3.63. The molecule has 1 saturated heterocycles. The highest BCUT2D eigenvalue weighted by atomic mass is 19.4. The van der Waals surface area contributed by atoms with E-state index in [9.17, 15) is 18.0 Å². The minimum atomic E-state index is -4.48. The lowest BCUT2D eigenvalue weighted by Gasteiger charge is -2.31. The molecule has 1 N–H and O–H groups in total. The Morgan fingerprint density at radius 3 is 2.48 bits per heavy atom. The molecule has 8 heteroatoms. The zero-order valence-electron chi connectivity index (χ0n) is 12.1. The van der Waals surface area contributed by atoms with E-state index in [1.807, 2.05) is 0 Å². The average Bonchev–Trinajstić information content (AvgIpc) is 2.55. The smallest absolute Gasteiger partial charge is 0.378 e. The van der Waals surface area contributed by atoms with Crippen molar-refractivity contribution in [1.29, 1.82) is 0 Å². The minimum absolute atomic E-state index is 0.133. The molecule has 1 aromatic carbocycles. The molecule has 0 atom stereocenters. The van der Waals surface area contributed by atoms with Crippen molar-refractivity contribution in [2.24, 2.45) is 0 Å². The molecular weight excluding hydrogens is 311 g/mol. The fourth-order valence-corrected chi connectivity index (χ4v) is 2.51. The van der Waals surface area contributed by atoms with Crippen molar-refractivity contribution in [3.63, 3.8) is 0 Å². The lowest BCUT2D eigenvalue weighted by atomic mass is 10.0. The maximum Gasteiger partial charge on any atom is 0.418 e. The van der Waals surface area contributed by atoms with Gasteiger partial charge in [0.25, 0.3) is 5.56 Å². The fraction of sp³-hybridized carbons (Fsp3) is 0.333. The number of nitrogens with one attached hydrogen (secondary N) is 1. The molecule has 122 valence electrons. The van der Waals surface area contributed by atoms with Crippen LogP contribution in [0.25, 0.3) is 11.3 Å². The van der Waals surface area contributed by atoms with Crippen molar-refractivity contribution in [2.45, 2.75) is 6.18 Å². The van der Waals surface area contributed by atoms with E-state index in [0.29, 0.717) is 31.9 Å². The molecule has 1 aliphatic rings. The first kappa shape index (κ1) is 15.5. The van der Waals surface area contributed by atoms with Crippen LogP contribution < -0.4 is 10.5 Å². The Labute approximate surface area is 129 Å². The molecule has 1 aliphatic heterocycles. The topological polar surface area (TPSA) is 58.2 Å². The third-order valence-corrected chi connectivity index (χ3v) is 3.63. The van der Waals surface area contributed by atoms with Gasteiger partial charge in [0, 0.05) is 30.4 Å². The summed E-state index contributed by atoms with van der Waals surface area (Å²) in [6, 6.07) is 6.69. The average molecular weight is 325 g/mol. The summed E-state index contributed by atoms with van der Waals surface area (Å²) in [5.41, 5.74) is -0.414. The number of aromatic nitrogens is 2. The SMILES string of the molecule is O=c1ccc(-c2ccc(N3CCOCC3)c(C(F)(F)F)c2)n[nH]1. The van der Waals surface area contributed by atoms with Crippen LogP contribution in [0.2, 0.25) is 0 Å². The van der Waals surface area contributed by atoms with Crippen molar-refractivity contribution in [3.05, 3.63) is 46.2 Å². The van der Waals surface area contributed by atoms with Gasteiger partial charge in [0.2, 0.25) is 0 Å². The summed E-state index contributed by atoms with van der Waals surface area (Å²) in [5.74, 6) is 0. The van der Waals surface area contributed by atoms with Crippen LogP contribution in [0.1, 0.15) is 5.56 Å². The Morgan fingerprint density at radius 1 is 1.13 bits per heavy atom. The first-order valence-corrected chi connectivity index (χ1v) is 7.05. The quantitative estimate of drug-likeness (QED) is 0.920. The lowest BCUT2D eigenvalue weighted by Crippen LogP contribution is -2.37. The zero-order chi connectivity index (χ0) is 16.4. The Morgan fingerprint density at radius 2 is 1.87 bits per heavy atom. The number of H-pyrrole nitrogens is 1. The predicted molar refractivity (Wildman–Crippen MR) is 78.3 cm³/mol. The minimum Gasteiger partial charge on any atom is -0.378 e. The number of morpholine rings is 1. The number of hydrogen-bond donors (Lipinski definition) is 1. The number of rotatable bonds is 2. The Bertz CT molecular complexity index is 732. The van der Waals surface area contributed by atoms with E-state index in [1.165, 1.54) is 18.2 Å². The van der Waals surface area contributed by atoms with E-state index in [1.54, 1.807) is 11.0 Å². The van der Waals surface area contributed by atoms with Gasteiger partial charge in [-0.1, -0.05) is 6.07 Å². The molecule has 2 heterocycles. The maximum atomic E-state index is 13.4. The molecule has 23 heavy (non-hydrogen) atoms. The van der Waals surface area contributed by atoms with Gasteiger partial charge >= 0.3 is 6.18 Å². The highest BCUT2D eigenvalue weighted by Gasteiger charge is 2.35. The first-order chi connectivity index (χ1) is 10.9. The monoisotopic (exact) mass is 325 g/mol. The molecule has 0 unspecified atom stereocenters. The van der Waals surface area contributed by atoms with Crippen molar-refractivity contribution in [3.8, 4) is 11.3 Å². The van der Waals surface area contributed by atoms with E-state index in [2.05, 4.69) is 10.2 Å². The zero-order valence-corrected chi connectivity index (χ0v) is 12.1. The van der Waals surface area contributed by atoms with Crippen LogP contribution in [0, 0.1) is 0 Å². The van der Waals surface area contributed by atoms with Gasteiger partial charge in [0.05, 0.1) is 24.5 Å². The molecule has 5 nitrogen and oxygen atoms in total. The van der Waals surface area contributed by atoms with Gasteiger partial charge in [-0.15, -0.1) is 0 Å². The predicted octanol–water partition coefficient (Wildman–Crippen LogP) is 2.29. The van der Waals surface area contributed by atoms with Crippen LogP contribution in [0.4, 0.5) is 18.9 Å². The van der Waals surface area contributed by atoms with Crippen molar-refractivity contribution < 1.29 is 17.9 Å². The van der Waals surface area contributed by atoms with E-state index in [4.69, 9.17) is 4.74 Å². The van der Waals surface area contributed by atoms with Crippen LogP contribution in [0.5, 0.6) is 0 Å². The third kappa shape index (κ3) is 3.37. The summed E-state index contributed by atoms with van der Waals surface area (Å²) in [7, 11) is 0. The number of aromatic amines is 1. The van der Waals surface area contributed by atoms with Crippen molar-refractivity contribution in [1.82, 2.24) is 10.2 Å². The lowest BCUT2D eigenvalue weighted by molar-refractivity contribution is -0.137. The molecule has 0 bridgehead atoms. The largest absolute Gasteiger partial charge is 0.418 e. The molecule has 2 aromatic rings. The van der Waals surface area contributed by atoms with E-state index in [-0.39, 0.29) is 11.4 Å². The normalized spacial score (nSPS) is 15.7. The van der Waals surface area contributed by atoms with Crippen molar-refractivity contribution in [2.75, 3.05) is 31.2 Å². The molecular formula is C15H14F3N3O2. The second-order valence-corrected chi connectivity index (χ2v) is 5.14. The number of benzene rings is 1.